The van der Waals surface area contributed by atoms with Crippen molar-refractivity contribution in [2.75, 3.05) is 18.4 Å². The number of hydrogen-bond acceptors (Lipinski definition) is 4. The smallest absolute Gasteiger partial charge is 0.337 e. The fraction of sp³-hybridized carbons (Fsp3) is 0.417. The highest BCUT2D eigenvalue weighted by atomic mass is 35.5. The van der Waals surface area contributed by atoms with Crippen molar-refractivity contribution in [2.24, 2.45) is 0 Å². The molecule has 20 heavy (non-hydrogen) atoms. The Hall–Kier alpha value is -1.31. The Morgan fingerprint density at radius 2 is 2.15 bits per heavy atom. The second kappa shape index (κ2) is 5.23. The number of methoxy groups -OCH3 is 1. The molecule has 1 aliphatic carbocycles. The highest BCUT2D eigenvalue weighted by Gasteiger charge is 2.54. The Labute approximate surface area is 121 Å². The minimum atomic E-state index is -3.63. The topological polar surface area (TPSA) is 92.7 Å². The third-order valence-corrected chi connectivity index (χ3v) is 5.73. The van der Waals surface area contributed by atoms with Gasteiger partial charge in [-0.25, -0.2) is 13.2 Å². The van der Waals surface area contributed by atoms with Crippen molar-refractivity contribution >= 4 is 33.3 Å². The van der Waals surface area contributed by atoms with Gasteiger partial charge in [0.2, 0.25) is 10.0 Å². The normalized spacial score (nSPS) is 16.7. The SMILES string of the molecule is COCC1(S(=O)(=O)Nc2ccc(Cl)c(C(=O)O)c2)CC1. The van der Waals surface area contributed by atoms with E-state index in [1.165, 1.54) is 25.3 Å². The van der Waals surface area contributed by atoms with Crippen LogP contribution in [0.5, 0.6) is 0 Å². The maximum Gasteiger partial charge on any atom is 0.337 e. The maximum absolute atomic E-state index is 12.3. The summed E-state index contributed by atoms with van der Waals surface area (Å²) in [4.78, 5) is 11.0. The first-order valence-electron chi connectivity index (χ1n) is 5.85. The molecule has 1 fully saturated rings. The van der Waals surface area contributed by atoms with Crippen molar-refractivity contribution in [2.45, 2.75) is 17.6 Å². The van der Waals surface area contributed by atoms with Gasteiger partial charge in [-0.1, -0.05) is 11.6 Å². The Bertz CT molecular complexity index is 639. The molecule has 6 nitrogen and oxygen atoms in total. The van der Waals surface area contributed by atoms with Gasteiger partial charge < -0.3 is 9.84 Å². The summed E-state index contributed by atoms with van der Waals surface area (Å²) in [6, 6.07) is 3.97. The van der Waals surface area contributed by atoms with Crippen LogP contribution in [0.4, 0.5) is 5.69 Å². The van der Waals surface area contributed by atoms with Crippen molar-refractivity contribution in [1.29, 1.82) is 0 Å². The molecule has 0 unspecified atom stereocenters. The fourth-order valence-corrected chi connectivity index (χ4v) is 3.67. The molecular weight excluding hydrogens is 306 g/mol. The van der Waals surface area contributed by atoms with Crippen LogP contribution in [0, 0.1) is 0 Å². The molecule has 110 valence electrons. The quantitative estimate of drug-likeness (QED) is 0.836. The Balaban J connectivity index is 2.26. The van der Waals surface area contributed by atoms with Crippen molar-refractivity contribution < 1.29 is 23.1 Å². The first kappa shape index (κ1) is 15.1. The van der Waals surface area contributed by atoms with Gasteiger partial charge in [0.05, 0.1) is 17.2 Å². The standard InChI is InChI=1S/C12H14ClNO5S/c1-19-7-12(4-5-12)20(17,18)14-8-2-3-10(13)9(6-8)11(15)16/h2-3,6,14H,4-5,7H2,1H3,(H,15,16). The molecular formula is C12H14ClNO5S. The zero-order valence-corrected chi connectivity index (χ0v) is 12.3. The third-order valence-electron chi connectivity index (χ3n) is 3.23. The molecule has 0 spiro atoms. The fourth-order valence-electron chi connectivity index (χ4n) is 1.91. The first-order valence-corrected chi connectivity index (χ1v) is 7.72. The number of rotatable bonds is 6. The van der Waals surface area contributed by atoms with E-state index in [1.54, 1.807) is 0 Å². The van der Waals surface area contributed by atoms with Crippen LogP contribution in [-0.2, 0) is 14.8 Å². The van der Waals surface area contributed by atoms with E-state index in [0.717, 1.165) is 0 Å². The van der Waals surface area contributed by atoms with Gasteiger partial charge in [-0.3, -0.25) is 4.72 Å². The van der Waals surface area contributed by atoms with Crippen molar-refractivity contribution in [3.8, 4) is 0 Å². The second-order valence-electron chi connectivity index (χ2n) is 4.72. The van der Waals surface area contributed by atoms with Gasteiger partial charge in [-0.2, -0.15) is 0 Å². The zero-order valence-electron chi connectivity index (χ0n) is 10.7. The summed E-state index contributed by atoms with van der Waals surface area (Å²) in [6.45, 7) is 0.113. The molecule has 0 radical (unpaired) electrons. The lowest BCUT2D eigenvalue weighted by molar-refractivity contribution is 0.0697. The van der Waals surface area contributed by atoms with Gasteiger partial charge in [0, 0.05) is 12.8 Å². The molecule has 0 aliphatic heterocycles. The Morgan fingerprint density at radius 1 is 1.50 bits per heavy atom. The van der Waals surface area contributed by atoms with Crippen LogP contribution in [0.1, 0.15) is 23.2 Å². The van der Waals surface area contributed by atoms with Crippen LogP contribution < -0.4 is 4.72 Å². The molecule has 0 saturated heterocycles. The van der Waals surface area contributed by atoms with Gasteiger partial charge in [0.25, 0.3) is 0 Å². The van der Waals surface area contributed by atoms with Gasteiger partial charge in [-0.05, 0) is 31.0 Å². The summed E-state index contributed by atoms with van der Waals surface area (Å²) in [6.07, 6.45) is 1.05. The summed E-state index contributed by atoms with van der Waals surface area (Å²) in [5, 5.41) is 9.02. The maximum atomic E-state index is 12.3. The van der Waals surface area contributed by atoms with E-state index >= 15 is 0 Å². The molecule has 1 aromatic carbocycles. The first-order chi connectivity index (χ1) is 9.31. The van der Waals surface area contributed by atoms with E-state index < -0.39 is 20.7 Å². The van der Waals surface area contributed by atoms with Crippen molar-refractivity contribution in [3.63, 3.8) is 0 Å². The van der Waals surface area contributed by atoms with Crippen LogP contribution >= 0.6 is 11.6 Å². The van der Waals surface area contributed by atoms with E-state index in [2.05, 4.69) is 4.72 Å². The van der Waals surface area contributed by atoms with E-state index in [4.69, 9.17) is 21.4 Å². The summed E-state index contributed by atoms with van der Waals surface area (Å²) in [7, 11) is -2.19. The Kier molecular flexibility index (Phi) is 3.95. The molecule has 0 amide bonds. The number of halogens is 1. The number of nitrogens with one attached hydrogen (secondary N) is 1. The highest BCUT2D eigenvalue weighted by molar-refractivity contribution is 7.94. The summed E-state index contributed by atoms with van der Waals surface area (Å²) in [5.74, 6) is -1.21. The molecule has 1 saturated carbocycles. The van der Waals surface area contributed by atoms with E-state index in [-0.39, 0.29) is 22.9 Å². The van der Waals surface area contributed by atoms with Crippen molar-refractivity contribution in [1.82, 2.24) is 0 Å². The van der Waals surface area contributed by atoms with Crippen LogP contribution in [0.2, 0.25) is 5.02 Å². The number of aromatic carboxylic acids is 1. The monoisotopic (exact) mass is 319 g/mol. The molecule has 0 heterocycles. The van der Waals surface area contributed by atoms with E-state index in [9.17, 15) is 13.2 Å². The van der Waals surface area contributed by atoms with Gasteiger partial charge in [-0.15, -0.1) is 0 Å². The number of carboxylic acids is 1. The number of benzene rings is 1. The van der Waals surface area contributed by atoms with Crippen LogP contribution in [-0.4, -0.2) is 38.0 Å². The van der Waals surface area contributed by atoms with Crippen molar-refractivity contribution in [3.05, 3.63) is 28.8 Å². The van der Waals surface area contributed by atoms with Crippen LogP contribution in [0.3, 0.4) is 0 Å². The zero-order chi connectivity index (χ0) is 15.0. The molecule has 0 atom stereocenters. The number of carbonyl (C=O) groups is 1. The third kappa shape index (κ3) is 2.74. The molecule has 2 N–H and O–H groups in total. The minimum Gasteiger partial charge on any atom is -0.478 e. The van der Waals surface area contributed by atoms with Gasteiger partial charge in [0.15, 0.2) is 0 Å². The molecule has 1 aromatic rings. The molecule has 1 aliphatic rings. The number of hydrogen-bond donors (Lipinski definition) is 2. The van der Waals surface area contributed by atoms with Gasteiger partial charge in [0.1, 0.15) is 4.75 Å². The largest absolute Gasteiger partial charge is 0.478 e. The molecule has 2 rings (SSSR count). The average Bonchev–Trinajstić information content (AvgIpc) is 3.13. The number of sulfonamides is 1. The van der Waals surface area contributed by atoms with Crippen LogP contribution in [0.15, 0.2) is 18.2 Å². The predicted molar refractivity (Wildman–Crippen MR) is 74.8 cm³/mol. The lowest BCUT2D eigenvalue weighted by atomic mass is 10.2. The Morgan fingerprint density at radius 3 is 2.65 bits per heavy atom. The predicted octanol–water partition coefficient (Wildman–Crippen LogP) is 1.96. The molecule has 0 bridgehead atoms. The summed E-state index contributed by atoms with van der Waals surface area (Å²) >= 11 is 5.74. The summed E-state index contributed by atoms with van der Waals surface area (Å²) in [5.41, 5.74) is 0.0256. The van der Waals surface area contributed by atoms with Crippen LogP contribution in [0.25, 0.3) is 0 Å². The summed E-state index contributed by atoms with van der Waals surface area (Å²) < 4.78 is 31.0. The number of carboxylic acid groups (broad SMARTS) is 1. The minimum absolute atomic E-state index is 0.0541. The van der Waals surface area contributed by atoms with E-state index in [1.807, 2.05) is 0 Å². The average molecular weight is 320 g/mol. The molecule has 8 heteroatoms. The number of ether oxygens (including phenoxy) is 1. The lowest BCUT2D eigenvalue weighted by Crippen LogP contribution is -2.33. The van der Waals surface area contributed by atoms with E-state index in [0.29, 0.717) is 12.8 Å². The number of anilines is 1. The molecule has 0 aromatic heterocycles. The van der Waals surface area contributed by atoms with Gasteiger partial charge >= 0.3 is 5.97 Å². The second-order valence-corrected chi connectivity index (χ2v) is 7.21. The highest BCUT2D eigenvalue weighted by Crippen LogP contribution is 2.44. The lowest BCUT2D eigenvalue weighted by Gasteiger charge is -2.17.